The van der Waals surface area contributed by atoms with Crippen LogP contribution in [0.15, 0.2) is 36.4 Å². The van der Waals surface area contributed by atoms with Gasteiger partial charge < -0.3 is 13.8 Å². The Morgan fingerprint density at radius 1 is 1.20 bits per heavy atom. The SMILES string of the molecule is [2H][13C]([2H])([2H])N1C[C@H]2c3cc(Cl)ccc3Oc3ccc(OS(=O)(=O)O)cc3[C@@H]2C1. The van der Waals surface area contributed by atoms with Crippen LogP contribution in [0.25, 0.3) is 0 Å². The van der Waals surface area contributed by atoms with Crippen LogP contribution in [0.4, 0.5) is 0 Å². The first-order valence-corrected chi connectivity index (χ1v) is 9.29. The normalized spacial score (nSPS) is 24.6. The zero-order chi connectivity index (χ0) is 20.3. The molecule has 132 valence electrons. The highest BCUT2D eigenvalue weighted by Gasteiger charge is 2.39. The average Bonchev–Trinajstić information content (AvgIpc) is 2.97. The van der Waals surface area contributed by atoms with E-state index in [-0.39, 0.29) is 30.7 Å². The van der Waals surface area contributed by atoms with Crippen molar-refractivity contribution in [2.75, 3.05) is 20.1 Å². The standard InChI is InChI=1S/C17H16ClNO5S/c1-19-8-14-12-6-10(18)2-4-16(12)23-17-5-3-11(24-25(20,21)22)7-13(17)15(14)9-19/h2-7,14-15H,8-9H2,1H3,(H,20,21,22)/t14-,15-/m0/s1/i1+1D3. The first kappa shape index (κ1) is 13.4. The zero-order valence-electron chi connectivity index (χ0n) is 15.8. The molecule has 1 fully saturated rings. The van der Waals surface area contributed by atoms with Crippen molar-refractivity contribution in [2.45, 2.75) is 11.8 Å². The van der Waals surface area contributed by atoms with E-state index in [1.165, 1.54) is 23.1 Å². The van der Waals surface area contributed by atoms with Gasteiger partial charge in [0.2, 0.25) is 0 Å². The molecule has 0 saturated carbocycles. The van der Waals surface area contributed by atoms with Crippen LogP contribution in [0.1, 0.15) is 27.1 Å². The molecule has 1 N–H and O–H groups in total. The highest BCUT2D eigenvalue weighted by molar-refractivity contribution is 7.81. The van der Waals surface area contributed by atoms with E-state index < -0.39 is 17.4 Å². The van der Waals surface area contributed by atoms with Gasteiger partial charge in [-0.15, -0.1) is 0 Å². The second-order valence-electron chi connectivity index (χ2n) is 6.11. The summed E-state index contributed by atoms with van der Waals surface area (Å²) in [5.41, 5.74) is 1.39. The smallest absolute Gasteiger partial charge is 0.446 e. The quantitative estimate of drug-likeness (QED) is 0.630. The summed E-state index contributed by atoms with van der Waals surface area (Å²) in [5, 5.41) is 0.509. The molecular formula is C17H16ClNO5S. The number of ether oxygens (including phenoxy) is 1. The van der Waals surface area contributed by atoms with Gasteiger partial charge in [0.15, 0.2) is 0 Å². The maximum absolute atomic E-state index is 11.1. The molecule has 0 spiro atoms. The Bertz CT molecular complexity index is 1040. The van der Waals surface area contributed by atoms with E-state index in [9.17, 15) is 8.42 Å². The molecule has 0 unspecified atom stereocenters. The molecule has 2 aliphatic heterocycles. The molecule has 0 bridgehead atoms. The summed E-state index contributed by atoms with van der Waals surface area (Å²) in [6.45, 7) is -1.78. The minimum Gasteiger partial charge on any atom is -0.457 e. The van der Waals surface area contributed by atoms with E-state index in [4.69, 9.17) is 25.0 Å². The minimum atomic E-state index is -4.69. The average molecular weight is 386 g/mol. The number of fused-ring (bicyclic) bond motifs is 5. The first-order chi connectivity index (χ1) is 13.0. The fraction of sp³-hybridized carbons (Fsp3) is 0.294. The van der Waals surface area contributed by atoms with Gasteiger partial charge in [-0.1, -0.05) is 11.6 Å². The van der Waals surface area contributed by atoms with Crippen LogP contribution in [-0.2, 0) is 10.4 Å². The van der Waals surface area contributed by atoms with Crippen LogP contribution in [0.5, 0.6) is 17.2 Å². The number of halogens is 1. The Labute approximate surface area is 155 Å². The zero-order valence-corrected chi connectivity index (χ0v) is 14.4. The van der Waals surface area contributed by atoms with Crippen molar-refractivity contribution in [3.8, 4) is 17.2 Å². The third kappa shape index (κ3) is 3.20. The molecule has 0 aromatic heterocycles. The molecule has 4 rings (SSSR count). The Morgan fingerprint density at radius 2 is 1.84 bits per heavy atom. The fourth-order valence-corrected chi connectivity index (χ4v) is 4.06. The predicted molar refractivity (Wildman–Crippen MR) is 93.1 cm³/mol. The van der Waals surface area contributed by atoms with E-state index in [0.29, 0.717) is 22.1 Å². The largest absolute Gasteiger partial charge is 0.457 e. The van der Waals surface area contributed by atoms with Crippen LogP contribution < -0.4 is 8.92 Å². The number of likely N-dealkylation sites (N-methyl/N-ethyl adjacent to an activating group) is 1. The van der Waals surface area contributed by atoms with Crippen molar-refractivity contribution in [1.82, 2.24) is 4.90 Å². The van der Waals surface area contributed by atoms with E-state index >= 15 is 0 Å². The summed E-state index contributed by atoms with van der Waals surface area (Å²) >= 11 is 6.16. The van der Waals surface area contributed by atoms with Crippen LogP contribution >= 0.6 is 11.6 Å². The van der Waals surface area contributed by atoms with Crippen LogP contribution in [-0.4, -0.2) is 37.9 Å². The molecule has 6 nitrogen and oxygen atoms in total. The molecule has 2 aliphatic rings. The lowest BCUT2D eigenvalue weighted by Gasteiger charge is -2.17. The lowest BCUT2D eigenvalue weighted by Crippen LogP contribution is -2.14. The summed E-state index contributed by atoms with van der Waals surface area (Å²) in [6.07, 6.45) is 0. The Morgan fingerprint density at radius 3 is 2.48 bits per heavy atom. The first-order valence-electron chi connectivity index (χ1n) is 9.04. The highest BCUT2D eigenvalue weighted by Crippen LogP contribution is 2.50. The minimum absolute atomic E-state index is 0.0834. The highest BCUT2D eigenvalue weighted by atomic mass is 35.5. The molecule has 2 heterocycles. The molecular weight excluding hydrogens is 367 g/mol. The van der Waals surface area contributed by atoms with Crippen molar-refractivity contribution in [2.24, 2.45) is 0 Å². The maximum atomic E-state index is 11.1. The third-order valence-corrected chi connectivity index (χ3v) is 5.13. The van der Waals surface area contributed by atoms with Crippen molar-refractivity contribution in [3.63, 3.8) is 0 Å². The number of rotatable bonds is 2. The third-order valence-electron chi connectivity index (χ3n) is 4.49. The van der Waals surface area contributed by atoms with Crippen LogP contribution in [0, 0.1) is 0 Å². The molecule has 0 amide bonds. The van der Waals surface area contributed by atoms with Crippen molar-refractivity contribution in [3.05, 3.63) is 52.5 Å². The van der Waals surface area contributed by atoms with Crippen LogP contribution in [0.2, 0.25) is 5.02 Å². The van der Waals surface area contributed by atoms with Gasteiger partial charge in [0.1, 0.15) is 17.2 Å². The van der Waals surface area contributed by atoms with Crippen molar-refractivity contribution in [1.29, 1.82) is 0 Å². The van der Waals surface area contributed by atoms with Gasteiger partial charge in [-0.3, -0.25) is 4.55 Å². The van der Waals surface area contributed by atoms with Gasteiger partial charge in [-0.25, -0.2) is 0 Å². The number of hydrogen-bond acceptors (Lipinski definition) is 5. The Balaban J connectivity index is 1.84. The van der Waals surface area contributed by atoms with Crippen molar-refractivity contribution < 1.29 is 26.0 Å². The molecule has 25 heavy (non-hydrogen) atoms. The van der Waals surface area contributed by atoms with Gasteiger partial charge in [0, 0.05) is 45.2 Å². The molecule has 2 atom stereocenters. The maximum Gasteiger partial charge on any atom is 0.446 e. The Kier molecular flexibility index (Phi) is 3.15. The number of hydrogen-bond donors (Lipinski definition) is 1. The topological polar surface area (TPSA) is 76.1 Å². The summed E-state index contributed by atoms with van der Waals surface area (Å²) < 4.78 is 65.0. The lowest BCUT2D eigenvalue weighted by atomic mass is 9.84. The summed E-state index contributed by atoms with van der Waals surface area (Å²) in [6, 6.07) is 9.53. The fourth-order valence-electron chi connectivity index (χ4n) is 3.54. The second kappa shape index (κ2) is 5.88. The van der Waals surface area contributed by atoms with Crippen molar-refractivity contribution >= 4 is 22.0 Å². The molecule has 2 aromatic carbocycles. The monoisotopic (exact) mass is 385 g/mol. The van der Waals surface area contributed by atoms with Gasteiger partial charge in [0.25, 0.3) is 0 Å². The second-order valence-corrected chi connectivity index (χ2v) is 7.57. The Hall–Kier alpha value is -1.80. The predicted octanol–water partition coefficient (Wildman–Crippen LogP) is 3.44. The van der Waals surface area contributed by atoms with Gasteiger partial charge in [-0.2, -0.15) is 8.42 Å². The lowest BCUT2D eigenvalue weighted by molar-refractivity contribution is 0.385. The summed E-state index contributed by atoms with van der Waals surface area (Å²) in [4.78, 5) is 1.40. The number of nitrogens with zero attached hydrogens (tertiary/aromatic N) is 1. The van der Waals surface area contributed by atoms with E-state index in [2.05, 4.69) is 4.18 Å². The van der Waals surface area contributed by atoms with Gasteiger partial charge in [-0.05, 0) is 43.4 Å². The number of benzene rings is 2. The van der Waals surface area contributed by atoms with E-state index in [1.54, 1.807) is 18.2 Å². The molecule has 1 saturated heterocycles. The molecule has 0 radical (unpaired) electrons. The summed E-state index contributed by atoms with van der Waals surface area (Å²) in [5.74, 6) is 0.427. The van der Waals surface area contributed by atoms with Gasteiger partial charge in [0.05, 0.1) is 0 Å². The summed E-state index contributed by atoms with van der Waals surface area (Å²) in [7, 11) is -4.69. The van der Waals surface area contributed by atoms with Gasteiger partial charge >= 0.3 is 10.4 Å². The van der Waals surface area contributed by atoms with Crippen LogP contribution in [0.3, 0.4) is 0 Å². The molecule has 2 aromatic rings. The molecule has 8 heteroatoms. The van der Waals surface area contributed by atoms with E-state index in [1.807, 2.05) is 0 Å². The number of likely N-dealkylation sites (tertiary alicyclic amines) is 1. The van der Waals surface area contributed by atoms with E-state index in [0.717, 1.165) is 5.56 Å². The molecule has 0 aliphatic carbocycles.